The Morgan fingerprint density at radius 1 is 1.15 bits per heavy atom. The molecule has 0 fully saturated rings. The Morgan fingerprint density at radius 3 is 2.65 bits per heavy atom. The van der Waals surface area contributed by atoms with E-state index in [2.05, 4.69) is 15.2 Å². The van der Waals surface area contributed by atoms with Crippen molar-refractivity contribution in [2.45, 2.75) is 13.5 Å². The highest BCUT2D eigenvalue weighted by Crippen LogP contribution is 2.21. The van der Waals surface area contributed by atoms with Crippen molar-refractivity contribution < 1.29 is 14.9 Å². The van der Waals surface area contributed by atoms with E-state index in [1.54, 1.807) is 31.2 Å². The van der Waals surface area contributed by atoms with Crippen LogP contribution in [0.4, 0.5) is 5.69 Å². The Labute approximate surface area is 193 Å². The maximum atomic E-state index is 13.1. The summed E-state index contributed by atoms with van der Waals surface area (Å²) in [7, 11) is 0. The summed E-state index contributed by atoms with van der Waals surface area (Å²) in [5.41, 5.74) is 1.36. The third-order valence-corrected chi connectivity index (χ3v) is 4.94. The minimum Gasteiger partial charge on any atom is -0.507 e. The van der Waals surface area contributed by atoms with E-state index in [1.165, 1.54) is 12.1 Å². The molecule has 10 heteroatoms. The van der Waals surface area contributed by atoms with Gasteiger partial charge in [0.25, 0.3) is 11.2 Å². The van der Waals surface area contributed by atoms with Crippen molar-refractivity contribution in [2.24, 2.45) is 10.3 Å². The molecule has 1 N–H and O–H groups in total. The highest BCUT2D eigenvalue weighted by molar-refractivity contribution is 5.98. The molecule has 0 unspecified atom stereocenters. The number of rotatable bonds is 7. The first-order chi connectivity index (χ1) is 16.4. The summed E-state index contributed by atoms with van der Waals surface area (Å²) in [6.07, 6.45) is 1.15. The van der Waals surface area contributed by atoms with Gasteiger partial charge in [0.05, 0.1) is 27.8 Å². The summed E-state index contributed by atoms with van der Waals surface area (Å²) in [6, 6.07) is 19.7. The summed E-state index contributed by atoms with van der Waals surface area (Å²) in [4.78, 5) is 33.5. The number of phenols is 1. The number of hydrogen-bond donors (Lipinski definition) is 1. The fourth-order valence-electron chi connectivity index (χ4n) is 3.18. The molecule has 4 aromatic rings. The predicted octanol–water partition coefficient (Wildman–Crippen LogP) is 3.83. The minimum atomic E-state index is -0.590. The molecule has 0 amide bonds. The van der Waals surface area contributed by atoms with Crippen molar-refractivity contribution >= 4 is 28.5 Å². The van der Waals surface area contributed by atoms with Crippen molar-refractivity contribution in [2.75, 3.05) is 0 Å². The molecule has 0 saturated heterocycles. The summed E-state index contributed by atoms with van der Waals surface area (Å²) >= 11 is 0. The summed E-state index contributed by atoms with van der Waals surface area (Å²) < 4.78 is 1.02. The molecule has 0 aliphatic rings. The molecule has 0 bridgehead atoms. The Balaban J connectivity index is 1.71. The van der Waals surface area contributed by atoms with Crippen LogP contribution in [0.3, 0.4) is 0 Å². The van der Waals surface area contributed by atoms with E-state index in [4.69, 9.17) is 4.84 Å². The Hall–Kier alpha value is -4.86. The molecule has 1 heterocycles. The number of aromatic hydroxyl groups is 1. The smallest absolute Gasteiger partial charge is 0.282 e. The molecule has 34 heavy (non-hydrogen) atoms. The van der Waals surface area contributed by atoms with Crippen molar-refractivity contribution in [1.82, 2.24) is 9.66 Å². The molecule has 0 aliphatic heterocycles. The van der Waals surface area contributed by atoms with Crippen molar-refractivity contribution in [3.8, 4) is 5.75 Å². The number of oxime groups is 1. The van der Waals surface area contributed by atoms with Gasteiger partial charge in [-0.2, -0.15) is 9.78 Å². The normalized spacial score (nSPS) is 11.7. The zero-order chi connectivity index (χ0) is 24.1. The third-order valence-electron chi connectivity index (χ3n) is 4.94. The van der Waals surface area contributed by atoms with E-state index in [0.29, 0.717) is 16.6 Å². The molecular weight excluding hydrogens is 438 g/mol. The first-order valence-electron chi connectivity index (χ1n) is 10.2. The first-order valence-corrected chi connectivity index (χ1v) is 10.2. The van der Waals surface area contributed by atoms with Gasteiger partial charge in [0, 0.05) is 17.7 Å². The van der Waals surface area contributed by atoms with E-state index < -0.39 is 10.5 Å². The Morgan fingerprint density at radius 2 is 1.88 bits per heavy atom. The average molecular weight is 457 g/mol. The van der Waals surface area contributed by atoms with Crippen LogP contribution in [0.25, 0.3) is 10.9 Å². The van der Waals surface area contributed by atoms with E-state index in [0.717, 1.165) is 22.5 Å². The van der Waals surface area contributed by atoms with Crippen LogP contribution in [-0.4, -0.2) is 31.6 Å². The van der Waals surface area contributed by atoms with E-state index in [1.807, 2.05) is 30.3 Å². The van der Waals surface area contributed by atoms with Gasteiger partial charge in [0.15, 0.2) is 12.4 Å². The van der Waals surface area contributed by atoms with Gasteiger partial charge in [-0.05, 0) is 30.7 Å². The molecule has 0 saturated carbocycles. The number of para-hydroxylation sites is 1. The SMILES string of the molecule is C/C(=N\OCc1nc2ccccc2c(=O)n1/N=C/c1cc([N+](=O)[O-])ccc1O)c1ccccc1. The predicted molar refractivity (Wildman–Crippen MR) is 127 cm³/mol. The first kappa shape index (κ1) is 22.3. The second-order valence-electron chi connectivity index (χ2n) is 7.22. The van der Waals surface area contributed by atoms with Gasteiger partial charge in [-0.1, -0.05) is 47.6 Å². The molecule has 10 nitrogen and oxygen atoms in total. The molecule has 170 valence electrons. The molecule has 3 aromatic carbocycles. The maximum absolute atomic E-state index is 13.1. The molecular formula is C24H19N5O5. The van der Waals surface area contributed by atoms with Gasteiger partial charge in [-0.3, -0.25) is 14.9 Å². The molecule has 0 spiro atoms. The second-order valence-corrected chi connectivity index (χ2v) is 7.22. The van der Waals surface area contributed by atoms with Crippen molar-refractivity contribution in [3.63, 3.8) is 0 Å². The molecule has 4 rings (SSSR count). The maximum Gasteiger partial charge on any atom is 0.282 e. The number of nitrogens with zero attached hydrogens (tertiary/aromatic N) is 5. The van der Waals surface area contributed by atoms with Crippen LogP contribution in [0.1, 0.15) is 23.9 Å². The lowest BCUT2D eigenvalue weighted by Crippen LogP contribution is -2.22. The number of nitro groups is 1. The number of non-ortho nitro benzene ring substituents is 1. The Kier molecular flexibility index (Phi) is 6.40. The summed E-state index contributed by atoms with van der Waals surface area (Å²) in [5.74, 6) is -0.0634. The number of phenolic OH excluding ortho intramolecular Hbond substituents is 1. The number of benzene rings is 3. The van der Waals surface area contributed by atoms with Gasteiger partial charge in [-0.25, -0.2) is 4.98 Å². The summed E-state index contributed by atoms with van der Waals surface area (Å²) in [6.45, 7) is 1.63. The van der Waals surface area contributed by atoms with Gasteiger partial charge in [-0.15, -0.1) is 0 Å². The topological polar surface area (TPSA) is 132 Å². The number of hydrogen-bond acceptors (Lipinski definition) is 8. The van der Waals surface area contributed by atoms with Gasteiger partial charge >= 0.3 is 0 Å². The number of nitro benzene ring substituents is 1. The fraction of sp³-hybridized carbons (Fsp3) is 0.0833. The van der Waals surface area contributed by atoms with Crippen LogP contribution in [-0.2, 0) is 11.4 Å². The van der Waals surface area contributed by atoms with E-state index in [9.17, 15) is 20.0 Å². The highest BCUT2D eigenvalue weighted by atomic mass is 16.6. The zero-order valence-corrected chi connectivity index (χ0v) is 18.0. The quantitative estimate of drug-likeness (QED) is 0.255. The van der Waals surface area contributed by atoms with Crippen LogP contribution in [0, 0.1) is 10.1 Å². The molecule has 1 aromatic heterocycles. The third kappa shape index (κ3) is 4.80. The average Bonchev–Trinajstić information content (AvgIpc) is 2.85. The molecule has 0 aliphatic carbocycles. The van der Waals surface area contributed by atoms with Gasteiger partial charge < -0.3 is 9.94 Å². The zero-order valence-electron chi connectivity index (χ0n) is 18.0. The molecule has 0 radical (unpaired) electrons. The monoisotopic (exact) mass is 457 g/mol. The van der Waals surface area contributed by atoms with Gasteiger partial charge in [0.2, 0.25) is 0 Å². The van der Waals surface area contributed by atoms with Crippen LogP contribution >= 0.6 is 0 Å². The lowest BCUT2D eigenvalue weighted by Gasteiger charge is -2.09. The van der Waals surface area contributed by atoms with Crippen molar-refractivity contribution in [1.29, 1.82) is 0 Å². The largest absolute Gasteiger partial charge is 0.507 e. The lowest BCUT2D eigenvalue weighted by atomic mass is 10.1. The van der Waals surface area contributed by atoms with Crippen LogP contribution in [0.5, 0.6) is 5.75 Å². The second kappa shape index (κ2) is 9.74. The highest BCUT2D eigenvalue weighted by Gasteiger charge is 2.13. The molecule has 0 atom stereocenters. The Bertz CT molecular complexity index is 1480. The lowest BCUT2D eigenvalue weighted by molar-refractivity contribution is -0.384. The van der Waals surface area contributed by atoms with E-state index >= 15 is 0 Å². The van der Waals surface area contributed by atoms with Crippen LogP contribution in [0.15, 0.2) is 87.8 Å². The van der Waals surface area contributed by atoms with E-state index in [-0.39, 0.29) is 29.4 Å². The number of aromatic nitrogens is 2. The van der Waals surface area contributed by atoms with Crippen LogP contribution < -0.4 is 5.56 Å². The minimum absolute atomic E-state index is 0.0686. The summed E-state index contributed by atoms with van der Waals surface area (Å²) in [5, 5.41) is 29.7. The van der Waals surface area contributed by atoms with Crippen molar-refractivity contribution in [3.05, 3.63) is 110 Å². The standard InChI is InChI=1S/C24H19N5O5/c1-16(17-7-3-2-4-8-17)27-34-15-23-26-21-10-6-5-9-20(21)24(31)28(23)25-14-18-13-19(29(32)33)11-12-22(18)30/h2-14,30H,15H2,1H3/b25-14+,27-16+. The van der Waals surface area contributed by atoms with Gasteiger partial charge in [0.1, 0.15) is 5.75 Å². The van der Waals surface area contributed by atoms with Crippen LogP contribution in [0.2, 0.25) is 0 Å². The fourth-order valence-corrected chi connectivity index (χ4v) is 3.18. The number of fused-ring (bicyclic) bond motifs is 1.